The molecule has 1 aliphatic carbocycles. The Morgan fingerprint density at radius 1 is 0.692 bits per heavy atom. The first-order valence-corrected chi connectivity index (χ1v) is 9.13. The van der Waals surface area contributed by atoms with Gasteiger partial charge in [-0.05, 0) is 66.5 Å². The Morgan fingerprint density at radius 2 is 1.12 bits per heavy atom. The van der Waals surface area contributed by atoms with Gasteiger partial charge in [0.2, 0.25) is 0 Å². The minimum absolute atomic E-state index is 0.606. The van der Waals surface area contributed by atoms with Gasteiger partial charge < -0.3 is 0 Å². The van der Waals surface area contributed by atoms with Gasteiger partial charge in [0, 0.05) is 0 Å². The van der Waals surface area contributed by atoms with Crippen LogP contribution < -0.4 is 0 Å². The molecule has 0 N–H and O–H groups in total. The Hall–Kier alpha value is -3.10. The van der Waals surface area contributed by atoms with Gasteiger partial charge in [-0.3, -0.25) is 0 Å². The smallest absolute Gasteiger partial charge is 0.0991 e. The molecule has 1 fully saturated rings. The van der Waals surface area contributed by atoms with Crippen molar-refractivity contribution in [3.63, 3.8) is 0 Å². The highest BCUT2D eigenvalue weighted by molar-refractivity contribution is 5.52. The number of hydrogen-bond donors (Lipinski definition) is 0. The van der Waals surface area contributed by atoms with Gasteiger partial charge in [-0.25, -0.2) is 0 Å². The van der Waals surface area contributed by atoms with Gasteiger partial charge in [-0.1, -0.05) is 55.0 Å². The first-order valence-electron chi connectivity index (χ1n) is 9.13. The van der Waals surface area contributed by atoms with Crippen LogP contribution in [0.1, 0.15) is 47.9 Å². The van der Waals surface area contributed by atoms with Crippen LogP contribution in [0, 0.1) is 34.5 Å². The normalized spacial score (nSPS) is 20.1. The van der Waals surface area contributed by atoms with E-state index >= 15 is 0 Å². The first kappa shape index (κ1) is 17.7. The van der Waals surface area contributed by atoms with E-state index in [0.29, 0.717) is 23.0 Å². The summed E-state index contributed by atoms with van der Waals surface area (Å²) in [6.45, 7) is 0. The molecule has 2 atom stereocenters. The molecule has 0 amide bonds. The van der Waals surface area contributed by atoms with Crippen LogP contribution in [0.25, 0.3) is 12.2 Å². The molecular formula is C24H22N2. The average Bonchev–Trinajstić information content (AvgIpc) is 2.72. The van der Waals surface area contributed by atoms with Crippen molar-refractivity contribution in [3.05, 3.63) is 82.9 Å². The molecule has 128 valence electrons. The summed E-state index contributed by atoms with van der Waals surface area (Å²) in [7, 11) is 0. The van der Waals surface area contributed by atoms with Gasteiger partial charge in [-0.15, -0.1) is 0 Å². The van der Waals surface area contributed by atoms with Gasteiger partial charge >= 0.3 is 0 Å². The summed E-state index contributed by atoms with van der Waals surface area (Å²) in [5.41, 5.74) is 3.71. The van der Waals surface area contributed by atoms with E-state index in [9.17, 15) is 0 Å². The molecule has 0 saturated heterocycles. The zero-order chi connectivity index (χ0) is 18.2. The number of nitrogens with zero attached hydrogens (tertiary/aromatic N) is 2. The molecule has 1 aliphatic rings. The van der Waals surface area contributed by atoms with Crippen LogP contribution in [0.3, 0.4) is 0 Å². The summed E-state index contributed by atoms with van der Waals surface area (Å²) >= 11 is 0. The molecule has 2 heteroatoms. The average molecular weight is 338 g/mol. The molecule has 26 heavy (non-hydrogen) atoms. The van der Waals surface area contributed by atoms with Crippen molar-refractivity contribution >= 4 is 12.2 Å². The maximum atomic E-state index is 8.86. The fraction of sp³-hybridized carbons (Fsp3) is 0.250. The molecule has 3 rings (SSSR count). The predicted molar refractivity (Wildman–Crippen MR) is 106 cm³/mol. The number of rotatable bonds is 4. The van der Waals surface area contributed by atoms with Crippen LogP contribution in [-0.4, -0.2) is 0 Å². The minimum atomic E-state index is 0.606. The molecule has 2 nitrogen and oxygen atoms in total. The number of benzene rings is 2. The summed E-state index contributed by atoms with van der Waals surface area (Å²) in [5, 5.41) is 17.7. The lowest BCUT2D eigenvalue weighted by Gasteiger charge is -2.25. The standard InChI is InChI=1S/C24H22N2/c25-17-23-12-6-19(7-13-23)4-10-21-2-1-3-22(16-21)11-5-20-8-14-24(18-26)15-9-20/h4-15,21-22H,1-3,16H2/b10-4+,11-5+/t21-,22-/m1/s1. The highest BCUT2D eigenvalue weighted by atomic mass is 14.2. The highest BCUT2D eigenvalue weighted by Gasteiger charge is 2.18. The van der Waals surface area contributed by atoms with Gasteiger partial charge in [0.05, 0.1) is 23.3 Å². The van der Waals surface area contributed by atoms with Gasteiger partial charge in [-0.2, -0.15) is 10.5 Å². The van der Waals surface area contributed by atoms with Crippen molar-refractivity contribution in [2.45, 2.75) is 25.7 Å². The van der Waals surface area contributed by atoms with E-state index in [2.05, 4.69) is 36.4 Å². The largest absolute Gasteiger partial charge is 0.192 e. The highest BCUT2D eigenvalue weighted by Crippen LogP contribution is 2.31. The quantitative estimate of drug-likeness (QED) is 0.690. The lowest BCUT2D eigenvalue weighted by Crippen LogP contribution is -2.12. The summed E-state index contributed by atoms with van der Waals surface area (Å²) in [4.78, 5) is 0. The van der Waals surface area contributed by atoms with Crippen LogP contribution in [0.2, 0.25) is 0 Å². The number of hydrogen-bond acceptors (Lipinski definition) is 2. The van der Waals surface area contributed by atoms with Gasteiger partial charge in [0.1, 0.15) is 0 Å². The molecule has 0 radical (unpaired) electrons. The molecule has 2 aromatic carbocycles. The SMILES string of the molecule is N#Cc1ccc(/C=C/[C@H]2CCC[C@H](/C=C/c3ccc(C#N)cc3)C2)cc1. The second kappa shape index (κ2) is 8.84. The van der Waals surface area contributed by atoms with E-state index in [1.807, 2.05) is 48.5 Å². The van der Waals surface area contributed by atoms with Crippen molar-refractivity contribution in [1.29, 1.82) is 10.5 Å². The number of allylic oxidation sites excluding steroid dienone is 2. The summed E-state index contributed by atoms with van der Waals surface area (Å²) < 4.78 is 0. The van der Waals surface area contributed by atoms with E-state index < -0.39 is 0 Å². The maximum absolute atomic E-state index is 8.86. The maximum Gasteiger partial charge on any atom is 0.0991 e. The third-order valence-electron chi connectivity index (χ3n) is 4.96. The molecule has 0 heterocycles. The van der Waals surface area contributed by atoms with E-state index in [1.165, 1.54) is 25.7 Å². The fourth-order valence-electron chi connectivity index (χ4n) is 3.45. The monoisotopic (exact) mass is 338 g/mol. The Bertz CT molecular complexity index is 785. The van der Waals surface area contributed by atoms with Crippen molar-refractivity contribution in [3.8, 4) is 12.1 Å². The Balaban J connectivity index is 1.57. The van der Waals surface area contributed by atoms with Gasteiger partial charge in [0.15, 0.2) is 0 Å². The third kappa shape index (κ3) is 4.95. The lowest BCUT2D eigenvalue weighted by molar-refractivity contribution is 0.354. The Kier molecular flexibility index (Phi) is 6.02. The molecule has 2 aromatic rings. The first-order chi connectivity index (χ1) is 12.8. The zero-order valence-corrected chi connectivity index (χ0v) is 14.8. The summed E-state index contributed by atoms with van der Waals surface area (Å²) in [6.07, 6.45) is 13.9. The van der Waals surface area contributed by atoms with Crippen LogP contribution in [0.15, 0.2) is 60.7 Å². The van der Waals surface area contributed by atoms with Crippen LogP contribution in [0.4, 0.5) is 0 Å². The van der Waals surface area contributed by atoms with E-state index in [4.69, 9.17) is 10.5 Å². The molecule has 1 saturated carbocycles. The number of nitriles is 2. The van der Waals surface area contributed by atoms with Crippen LogP contribution in [0.5, 0.6) is 0 Å². The van der Waals surface area contributed by atoms with Crippen LogP contribution in [-0.2, 0) is 0 Å². The van der Waals surface area contributed by atoms with Crippen molar-refractivity contribution in [2.75, 3.05) is 0 Å². The van der Waals surface area contributed by atoms with Crippen molar-refractivity contribution < 1.29 is 0 Å². The fourth-order valence-corrected chi connectivity index (χ4v) is 3.45. The molecule has 0 bridgehead atoms. The molecule has 0 spiro atoms. The molecule has 0 unspecified atom stereocenters. The van der Waals surface area contributed by atoms with Gasteiger partial charge in [0.25, 0.3) is 0 Å². The van der Waals surface area contributed by atoms with Crippen LogP contribution >= 0.6 is 0 Å². The second-order valence-electron chi connectivity index (χ2n) is 6.87. The topological polar surface area (TPSA) is 47.6 Å². The molecular weight excluding hydrogens is 316 g/mol. The molecule has 0 aromatic heterocycles. The zero-order valence-electron chi connectivity index (χ0n) is 14.8. The van der Waals surface area contributed by atoms with E-state index in [0.717, 1.165) is 11.1 Å². The Morgan fingerprint density at radius 3 is 1.50 bits per heavy atom. The van der Waals surface area contributed by atoms with E-state index in [1.54, 1.807) is 0 Å². The summed E-state index contributed by atoms with van der Waals surface area (Å²) in [6, 6.07) is 19.8. The van der Waals surface area contributed by atoms with E-state index in [-0.39, 0.29) is 0 Å². The molecule has 0 aliphatic heterocycles. The van der Waals surface area contributed by atoms with Crippen molar-refractivity contribution in [2.24, 2.45) is 11.8 Å². The minimum Gasteiger partial charge on any atom is -0.192 e. The predicted octanol–water partition coefficient (Wildman–Crippen LogP) is 5.96. The second-order valence-corrected chi connectivity index (χ2v) is 6.87. The lowest BCUT2D eigenvalue weighted by atomic mass is 9.80. The van der Waals surface area contributed by atoms with Crippen molar-refractivity contribution in [1.82, 2.24) is 0 Å². The summed E-state index contributed by atoms with van der Waals surface area (Å²) in [5.74, 6) is 1.21. The third-order valence-corrected chi connectivity index (χ3v) is 4.96. The Labute approximate surface area is 155 Å².